The Kier molecular flexibility index (Phi) is 4.89. The predicted molar refractivity (Wildman–Crippen MR) is 92.6 cm³/mol. The molecule has 2 aromatic rings. The number of piperidine rings is 1. The molecule has 1 aromatic carbocycles. The highest BCUT2D eigenvalue weighted by Gasteiger charge is 2.29. The first-order chi connectivity index (χ1) is 11.0. The summed E-state index contributed by atoms with van der Waals surface area (Å²) in [4.78, 5) is 0. The fraction of sp³-hybridized carbons (Fsp3) is 0.375. The molecule has 3 rings (SSSR count). The summed E-state index contributed by atoms with van der Waals surface area (Å²) in [6, 6.07) is 9.46. The standard InChI is InChI=1S/C16H19N3O2S2/c1-13-17-18-16(22-13)15-8-5-10-19(12-15)23(20,21)11-9-14-6-3-2-4-7-14/h2-4,6-7,9,11,15H,5,8,10,12H2,1H3. The Balaban J connectivity index is 1.73. The Morgan fingerprint density at radius 3 is 2.74 bits per heavy atom. The van der Waals surface area contributed by atoms with Gasteiger partial charge < -0.3 is 0 Å². The van der Waals surface area contributed by atoms with Crippen LogP contribution in [-0.4, -0.2) is 36.0 Å². The summed E-state index contributed by atoms with van der Waals surface area (Å²) in [5.41, 5.74) is 0.879. The van der Waals surface area contributed by atoms with Crippen LogP contribution in [0.1, 0.15) is 34.3 Å². The number of aryl methyl sites for hydroxylation is 1. The normalized spacial score (nSPS) is 20.1. The lowest BCUT2D eigenvalue weighted by Gasteiger charge is -2.29. The zero-order valence-electron chi connectivity index (χ0n) is 12.9. The number of sulfonamides is 1. The maximum atomic E-state index is 12.5. The SMILES string of the molecule is Cc1nnc(C2CCCN(S(=O)(=O)C=Cc3ccccc3)C2)s1. The molecule has 122 valence electrons. The molecule has 0 aliphatic carbocycles. The third-order valence-electron chi connectivity index (χ3n) is 3.87. The highest BCUT2D eigenvalue weighted by atomic mass is 32.2. The lowest BCUT2D eigenvalue weighted by atomic mass is 10.0. The molecular weight excluding hydrogens is 330 g/mol. The molecule has 1 aromatic heterocycles. The molecule has 1 aliphatic rings. The van der Waals surface area contributed by atoms with Gasteiger partial charge in [-0.3, -0.25) is 0 Å². The van der Waals surface area contributed by atoms with E-state index >= 15 is 0 Å². The quantitative estimate of drug-likeness (QED) is 0.851. The molecule has 0 radical (unpaired) electrons. The second kappa shape index (κ2) is 6.90. The van der Waals surface area contributed by atoms with Crippen LogP contribution in [0.15, 0.2) is 35.7 Å². The van der Waals surface area contributed by atoms with E-state index in [-0.39, 0.29) is 5.92 Å². The van der Waals surface area contributed by atoms with Crippen LogP contribution >= 0.6 is 11.3 Å². The van der Waals surface area contributed by atoms with Gasteiger partial charge in [0, 0.05) is 24.4 Å². The molecule has 0 spiro atoms. The average molecular weight is 349 g/mol. The molecule has 1 aliphatic heterocycles. The van der Waals surface area contributed by atoms with Crippen LogP contribution in [0.3, 0.4) is 0 Å². The number of benzene rings is 1. The van der Waals surface area contributed by atoms with Crippen LogP contribution in [-0.2, 0) is 10.0 Å². The molecule has 7 heteroatoms. The molecule has 1 fully saturated rings. The summed E-state index contributed by atoms with van der Waals surface area (Å²) in [5, 5.41) is 11.4. The maximum Gasteiger partial charge on any atom is 0.236 e. The topological polar surface area (TPSA) is 63.2 Å². The zero-order valence-corrected chi connectivity index (χ0v) is 14.6. The van der Waals surface area contributed by atoms with Gasteiger partial charge in [-0.2, -0.15) is 4.31 Å². The number of nitrogens with zero attached hydrogens (tertiary/aromatic N) is 3. The van der Waals surface area contributed by atoms with Gasteiger partial charge >= 0.3 is 0 Å². The minimum absolute atomic E-state index is 0.148. The van der Waals surface area contributed by atoms with Crippen molar-refractivity contribution >= 4 is 27.4 Å². The highest BCUT2D eigenvalue weighted by molar-refractivity contribution is 7.92. The summed E-state index contributed by atoms with van der Waals surface area (Å²) in [6.07, 6.45) is 3.46. The first-order valence-corrected chi connectivity index (χ1v) is 9.90. The number of aromatic nitrogens is 2. The second-order valence-corrected chi connectivity index (χ2v) is 8.65. The number of rotatable bonds is 4. The predicted octanol–water partition coefficient (Wildman–Crippen LogP) is 3.03. The largest absolute Gasteiger partial charge is 0.236 e. The monoisotopic (exact) mass is 349 g/mol. The molecule has 0 saturated carbocycles. The van der Waals surface area contributed by atoms with E-state index in [2.05, 4.69) is 10.2 Å². The first-order valence-electron chi connectivity index (χ1n) is 7.58. The lowest BCUT2D eigenvalue weighted by Crippen LogP contribution is -2.37. The maximum absolute atomic E-state index is 12.5. The van der Waals surface area contributed by atoms with Gasteiger partial charge in [0.05, 0.1) is 0 Å². The van der Waals surface area contributed by atoms with Gasteiger partial charge in [-0.1, -0.05) is 30.3 Å². The van der Waals surface area contributed by atoms with Gasteiger partial charge in [-0.25, -0.2) is 8.42 Å². The van der Waals surface area contributed by atoms with E-state index in [0.29, 0.717) is 13.1 Å². The Morgan fingerprint density at radius 1 is 1.26 bits per heavy atom. The summed E-state index contributed by atoms with van der Waals surface area (Å²) >= 11 is 1.56. The summed E-state index contributed by atoms with van der Waals surface area (Å²) in [5.74, 6) is 0.148. The third-order valence-corrected chi connectivity index (χ3v) is 6.40. The van der Waals surface area contributed by atoms with Crippen LogP contribution in [0.25, 0.3) is 6.08 Å². The Hall–Kier alpha value is -1.57. The molecule has 5 nitrogen and oxygen atoms in total. The van der Waals surface area contributed by atoms with Gasteiger partial charge in [0.1, 0.15) is 10.0 Å². The third kappa shape index (κ3) is 4.04. The smallest absolute Gasteiger partial charge is 0.208 e. The summed E-state index contributed by atoms with van der Waals surface area (Å²) in [7, 11) is -3.41. The fourth-order valence-electron chi connectivity index (χ4n) is 2.67. The average Bonchev–Trinajstić information content (AvgIpc) is 3.01. The van der Waals surface area contributed by atoms with Crippen LogP contribution < -0.4 is 0 Å². The van der Waals surface area contributed by atoms with Crippen LogP contribution in [0, 0.1) is 6.92 Å². The van der Waals surface area contributed by atoms with Crippen molar-refractivity contribution in [2.45, 2.75) is 25.7 Å². The van der Waals surface area contributed by atoms with Crippen molar-refractivity contribution in [1.82, 2.24) is 14.5 Å². The van der Waals surface area contributed by atoms with Crippen molar-refractivity contribution in [3.63, 3.8) is 0 Å². The van der Waals surface area contributed by atoms with E-state index in [1.54, 1.807) is 21.7 Å². The molecule has 1 saturated heterocycles. The van der Waals surface area contributed by atoms with E-state index < -0.39 is 10.0 Å². The van der Waals surface area contributed by atoms with Gasteiger partial charge in [-0.05, 0) is 31.4 Å². The lowest BCUT2D eigenvalue weighted by molar-refractivity contribution is 0.318. The van der Waals surface area contributed by atoms with Crippen molar-refractivity contribution in [3.8, 4) is 0 Å². The second-order valence-electron chi connectivity index (χ2n) is 5.61. The summed E-state index contributed by atoms with van der Waals surface area (Å²) in [6.45, 7) is 2.97. The highest BCUT2D eigenvalue weighted by Crippen LogP contribution is 2.30. The Morgan fingerprint density at radius 2 is 2.04 bits per heavy atom. The molecule has 1 unspecified atom stereocenters. The molecule has 2 heterocycles. The van der Waals surface area contributed by atoms with Crippen LogP contribution in [0.5, 0.6) is 0 Å². The van der Waals surface area contributed by atoms with E-state index in [0.717, 1.165) is 28.4 Å². The van der Waals surface area contributed by atoms with Crippen molar-refractivity contribution in [1.29, 1.82) is 0 Å². The Labute approximate surface area is 140 Å². The zero-order chi connectivity index (χ0) is 16.3. The van der Waals surface area contributed by atoms with Crippen LogP contribution in [0.4, 0.5) is 0 Å². The minimum Gasteiger partial charge on any atom is -0.208 e. The van der Waals surface area contributed by atoms with E-state index in [1.807, 2.05) is 37.3 Å². The fourth-order valence-corrected chi connectivity index (χ4v) is 4.76. The van der Waals surface area contributed by atoms with Gasteiger partial charge in [0.25, 0.3) is 0 Å². The van der Waals surface area contributed by atoms with Gasteiger partial charge in [-0.15, -0.1) is 21.5 Å². The van der Waals surface area contributed by atoms with E-state index in [9.17, 15) is 8.42 Å². The van der Waals surface area contributed by atoms with Crippen molar-refractivity contribution in [2.75, 3.05) is 13.1 Å². The van der Waals surface area contributed by atoms with Crippen molar-refractivity contribution < 1.29 is 8.42 Å². The number of hydrogen-bond donors (Lipinski definition) is 0. The molecule has 0 bridgehead atoms. The Bertz CT molecular complexity index is 785. The van der Waals surface area contributed by atoms with Gasteiger partial charge in [0.2, 0.25) is 10.0 Å². The first kappa shape index (κ1) is 16.3. The molecule has 1 atom stereocenters. The van der Waals surface area contributed by atoms with Gasteiger partial charge in [0.15, 0.2) is 0 Å². The molecular formula is C16H19N3O2S2. The van der Waals surface area contributed by atoms with Crippen molar-refractivity contribution in [3.05, 3.63) is 51.3 Å². The van der Waals surface area contributed by atoms with Crippen molar-refractivity contribution in [2.24, 2.45) is 0 Å². The molecule has 0 amide bonds. The summed E-state index contributed by atoms with van der Waals surface area (Å²) < 4.78 is 26.6. The van der Waals surface area contributed by atoms with Crippen LogP contribution in [0.2, 0.25) is 0 Å². The van der Waals surface area contributed by atoms with E-state index in [1.165, 1.54) is 5.41 Å². The van der Waals surface area contributed by atoms with E-state index in [4.69, 9.17) is 0 Å². The number of hydrogen-bond acceptors (Lipinski definition) is 5. The minimum atomic E-state index is -3.41. The molecule has 23 heavy (non-hydrogen) atoms. The molecule has 0 N–H and O–H groups in total.